The van der Waals surface area contributed by atoms with Crippen molar-refractivity contribution < 1.29 is 28.6 Å². The summed E-state index contributed by atoms with van der Waals surface area (Å²) in [6.45, 7) is 19.5. The van der Waals surface area contributed by atoms with E-state index in [-0.39, 0.29) is 43.2 Å². The van der Waals surface area contributed by atoms with Crippen molar-refractivity contribution in [2.45, 2.75) is 68.2 Å². The SMILES string of the molecule is C=C(C)C(=O)OCCNC(=O)OCCOC(=O)C(C)(CC(C)(C)C)C(C)(C)CC. The van der Waals surface area contributed by atoms with Crippen LogP contribution < -0.4 is 5.32 Å². The molecule has 7 heteroatoms. The third kappa shape index (κ3) is 9.33. The second-order valence-corrected chi connectivity index (χ2v) is 9.42. The molecule has 168 valence electrons. The molecule has 0 saturated carbocycles. The number of nitrogens with one attached hydrogen (secondary N) is 1. The van der Waals surface area contributed by atoms with Gasteiger partial charge in [0, 0.05) is 5.57 Å². The van der Waals surface area contributed by atoms with Crippen molar-refractivity contribution in [1.82, 2.24) is 5.32 Å². The smallest absolute Gasteiger partial charge is 0.407 e. The molecule has 0 radical (unpaired) electrons. The van der Waals surface area contributed by atoms with Gasteiger partial charge in [-0.05, 0) is 37.5 Å². The van der Waals surface area contributed by atoms with Gasteiger partial charge in [0.1, 0.15) is 19.8 Å². The highest BCUT2D eigenvalue weighted by molar-refractivity contribution is 5.86. The van der Waals surface area contributed by atoms with E-state index in [1.165, 1.54) is 0 Å². The largest absolute Gasteiger partial charge is 0.462 e. The highest BCUT2D eigenvalue weighted by atomic mass is 16.6. The lowest BCUT2D eigenvalue weighted by Gasteiger charge is -2.45. The summed E-state index contributed by atoms with van der Waals surface area (Å²) < 4.78 is 15.3. The van der Waals surface area contributed by atoms with Crippen molar-refractivity contribution in [3.05, 3.63) is 12.2 Å². The summed E-state index contributed by atoms with van der Waals surface area (Å²) in [5, 5.41) is 2.45. The van der Waals surface area contributed by atoms with Crippen molar-refractivity contribution in [1.29, 1.82) is 0 Å². The molecule has 0 aromatic rings. The molecule has 0 spiro atoms. The maximum Gasteiger partial charge on any atom is 0.407 e. The van der Waals surface area contributed by atoms with Crippen molar-refractivity contribution in [2.75, 3.05) is 26.4 Å². The lowest BCUT2D eigenvalue weighted by molar-refractivity contribution is -0.167. The van der Waals surface area contributed by atoms with Crippen LogP contribution in [0.15, 0.2) is 12.2 Å². The molecule has 0 bridgehead atoms. The van der Waals surface area contributed by atoms with Gasteiger partial charge in [0.25, 0.3) is 0 Å². The Morgan fingerprint density at radius 2 is 1.45 bits per heavy atom. The molecule has 1 atom stereocenters. The standard InChI is InChI=1S/C22H39NO6/c1-10-21(7,8)22(9,15-20(4,5)6)18(25)28-13-14-29-19(26)23-11-12-27-17(24)16(2)3/h2,10-15H2,1,3-9H3,(H,23,26). The summed E-state index contributed by atoms with van der Waals surface area (Å²) in [6.07, 6.45) is 0.853. The first-order valence-electron chi connectivity index (χ1n) is 10.1. The molecule has 0 aromatic carbocycles. The van der Waals surface area contributed by atoms with Crippen LogP contribution >= 0.6 is 0 Å². The molecule has 7 nitrogen and oxygen atoms in total. The first-order valence-corrected chi connectivity index (χ1v) is 10.1. The van der Waals surface area contributed by atoms with Gasteiger partial charge in [-0.2, -0.15) is 0 Å². The third-order valence-electron chi connectivity index (χ3n) is 5.21. The van der Waals surface area contributed by atoms with E-state index >= 15 is 0 Å². The third-order valence-corrected chi connectivity index (χ3v) is 5.21. The normalized spacial score (nSPS) is 13.8. The van der Waals surface area contributed by atoms with Gasteiger partial charge in [0.15, 0.2) is 0 Å². The topological polar surface area (TPSA) is 90.9 Å². The van der Waals surface area contributed by atoms with Gasteiger partial charge in [-0.15, -0.1) is 0 Å². The number of carbonyl (C=O) groups excluding carboxylic acids is 3. The van der Waals surface area contributed by atoms with Gasteiger partial charge < -0.3 is 19.5 Å². The number of rotatable bonds is 11. The average Bonchev–Trinajstić information content (AvgIpc) is 2.60. The molecule has 1 amide bonds. The predicted octanol–water partition coefficient (Wildman–Crippen LogP) is 4.25. The quantitative estimate of drug-likeness (QED) is 0.236. The van der Waals surface area contributed by atoms with E-state index in [2.05, 4.69) is 53.4 Å². The number of ether oxygens (including phenoxy) is 3. The van der Waals surface area contributed by atoms with Crippen LogP contribution in [0.1, 0.15) is 68.2 Å². The summed E-state index contributed by atoms with van der Waals surface area (Å²) in [5.74, 6) is -0.796. The highest BCUT2D eigenvalue weighted by Gasteiger charge is 2.49. The van der Waals surface area contributed by atoms with Gasteiger partial charge in [-0.25, -0.2) is 9.59 Å². The minimum Gasteiger partial charge on any atom is -0.462 e. The first-order chi connectivity index (χ1) is 13.2. The van der Waals surface area contributed by atoms with Crippen molar-refractivity contribution in [3.8, 4) is 0 Å². The molecule has 0 aliphatic carbocycles. The average molecular weight is 414 g/mol. The number of hydrogen-bond acceptors (Lipinski definition) is 6. The van der Waals surface area contributed by atoms with Gasteiger partial charge in [-0.3, -0.25) is 4.79 Å². The zero-order valence-electron chi connectivity index (χ0n) is 19.4. The van der Waals surface area contributed by atoms with E-state index in [1.54, 1.807) is 6.92 Å². The Bertz CT molecular complexity index is 591. The second kappa shape index (κ2) is 11.2. The lowest BCUT2D eigenvalue weighted by atomic mass is 9.59. The number of esters is 2. The summed E-state index contributed by atoms with van der Waals surface area (Å²) in [5.41, 5.74) is -0.643. The Balaban J connectivity index is 4.45. The van der Waals surface area contributed by atoms with Crippen LogP contribution in [0.4, 0.5) is 4.79 Å². The van der Waals surface area contributed by atoms with Crippen molar-refractivity contribution in [3.63, 3.8) is 0 Å². The number of hydrogen-bond donors (Lipinski definition) is 1. The van der Waals surface area contributed by atoms with E-state index in [1.807, 2.05) is 6.92 Å². The summed E-state index contributed by atoms with van der Waals surface area (Å²) >= 11 is 0. The van der Waals surface area contributed by atoms with E-state index < -0.39 is 17.5 Å². The molecule has 0 aliphatic rings. The van der Waals surface area contributed by atoms with Crippen LogP contribution in [0, 0.1) is 16.2 Å². The molecule has 0 heterocycles. The monoisotopic (exact) mass is 413 g/mol. The number of amides is 1. The van der Waals surface area contributed by atoms with Crippen molar-refractivity contribution >= 4 is 18.0 Å². The molecule has 0 saturated heterocycles. The van der Waals surface area contributed by atoms with Crippen LogP contribution in [-0.4, -0.2) is 44.4 Å². The van der Waals surface area contributed by atoms with Crippen LogP contribution in [0.25, 0.3) is 0 Å². The first kappa shape index (κ1) is 27.0. The van der Waals surface area contributed by atoms with E-state index in [9.17, 15) is 14.4 Å². The maximum atomic E-state index is 12.9. The Hall–Kier alpha value is -2.05. The molecule has 0 fully saturated rings. The Labute approximate surface area is 175 Å². The van der Waals surface area contributed by atoms with Gasteiger partial charge in [0.2, 0.25) is 0 Å². The zero-order chi connectivity index (χ0) is 22.9. The fourth-order valence-corrected chi connectivity index (χ4v) is 2.94. The van der Waals surface area contributed by atoms with Gasteiger partial charge in [0.05, 0.1) is 12.0 Å². The Morgan fingerprint density at radius 3 is 1.93 bits per heavy atom. The van der Waals surface area contributed by atoms with E-state index in [0.717, 1.165) is 6.42 Å². The predicted molar refractivity (Wildman–Crippen MR) is 112 cm³/mol. The van der Waals surface area contributed by atoms with Gasteiger partial charge >= 0.3 is 18.0 Å². The molecule has 0 aliphatic heterocycles. The molecular weight excluding hydrogens is 374 g/mol. The Kier molecular flexibility index (Phi) is 10.4. The van der Waals surface area contributed by atoms with E-state index in [0.29, 0.717) is 12.0 Å². The molecule has 29 heavy (non-hydrogen) atoms. The molecule has 1 N–H and O–H groups in total. The van der Waals surface area contributed by atoms with E-state index in [4.69, 9.17) is 14.2 Å². The fraction of sp³-hybridized carbons (Fsp3) is 0.773. The second-order valence-electron chi connectivity index (χ2n) is 9.42. The zero-order valence-corrected chi connectivity index (χ0v) is 19.4. The number of carbonyl (C=O) groups is 3. The van der Waals surface area contributed by atoms with Crippen LogP contribution in [0.3, 0.4) is 0 Å². The minimum atomic E-state index is -0.668. The summed E-state index contributed by atoms with van der Waals surface area (Å²) in [4.78, 5) is 35.7. The highest BCUT2D eigenvalue weighted by Crippen LogP contribution is 2.49. The maximum absolute atomic E-state index is 12.9. The number of alkyl carbamates (subject to hydrolysis) is 1. The fourth-order valence-electron chi connectivity index (χ4n) is 2.94. The summed E-state index contributed by atoms with van der Waals surface area (Å²) in [6, 6.07) is 0. The molecule has 0 rings (SSSR count). The molecular formula is C22H39NO6. The van der Waals surface area contributed by atoms with Crippen LogP contribution in [-0.2, 0) is 23.8 Å². The van der Waals surface area contributed by atoms with Gasteiger partial charge in [-0.1, -0.05) is 48.1 Å². The van der Waals surface area contributed by atoms with Crippen LogP contribution in [0.5, 0.6) is 0 Å². The molecule has 0 aromatic heterocycles. The van der Waals surface area contributed by atoms with Crippen molar-refractivity contribution in [2.24, 2.45) is 16.2 Å². The minimum absolute atomic E-state index is 0.0174. The summed E-state index contributed by atoms with van der Waals surface area (Å²) in [7, 11) is 0. The lowest BCUT2D eigenvalue weighted by Crippen LogP contribution is -2.45. The molecule has 1 unspecified atom stereocenters. The Morgan fingerprint density at radius 1 is 0.897 bits per heavy atom. The van der Waals surface area contributed by atoms with Crippen LogP contribution in [0.2, 0.25) is 0 Å².